The number of para-hydroxylation sites is 1. The maximum Gasteiger partial charge on any atom is 0.355 e. The Balaban J connectivity index is 1.97. The van der Waals surface area contributed by atoms with Crippen molar-refractivity contribution in [1.29, 1.82) is 0 Å². The van der Waals surface area contributed by atoms with Gasteiger partial charge in [-0.25, -0.2) is 9.59 Å². The number of hydrogen-bond acceptors (Lipinski definition) is 8. The first-order valence-corrected chi connectivity index (χ1v) is 9.33. The third-order valence-corrected chi connectivity index (χ3v) is 5.09. The third kappa shape index (κ3) is 3.44. The first-order chi connectivity index (χ1) is 15.0. The Labute approximate surface area is 177 Å². The molecule has 158 valence electrons. The molecule has 0 saturated heterocycles. The van der Waals surface area contributed by atoms with Crippen molar-refractivity contribution in [2.45, 2.75) is 12.3 Å². The lowest BCUT2D eigenvalue weighted by molar-refractivity contribution is -0.385. The molecule has 0 bridgehead atoms. The molecular formula is C22H18N2O7. The van der Waals surface area contributed by atoms with Crippen LogP contribution in [0.2, 0.25) is 0 Å². The van der Waals surface area contributed by atoms with E-state index in [1.807, 2.05) is 18.2 Å². The van der Waals surface area contributed by atoms with Crippen molar-refractivity contribution >= 4 is 29.4 Å². The van der Waals surface area contributed by atoms with Gasteiger partial charge in [0.15, 0.2) is 6.23 Å². The van der Waals surface area contributed by atoms with E-state index in [9.17, 15) is 19.7 Å². The van der Waals surface area contributed by atoms with Crippen LogP contribution in [0.5, 0.6) is 0 Å². The van der Waals surface area contributed by atoms with E-state index < -0.39 is 29.2 Å². The Morgan fingerprint density at radius 1 is 1.06 bits per heavy atom. The zero-order valence-electron chi connectivity index (χ0n) is 16.7. The van der Waals surface area contributed by atoms with Crippen LogP contribution in [0.1, 0.15) is 17.2 Å². The van der Waals surface area contributed by atoms with Gasteiger partial charge in [-0.15, -0.1) is 0 Å². The van der Waals surface area contributed by atoms with E-state index in [1.54, 1.807) is 29.2 Å². The van der Waals surface area contributed by atoms with Gasteiger partial charge in [0.2, 0.25) is 0 Å². The number of non-ortho nitro benzene ring substituents is 1. The van der Waals surface area contributed by atoms with Crippen molar-refractivity contribution in [1.82, 2.24) is 0 Å². The molecule has 2 aromatic rings. The predicted octanol–water partition coefficient (Wildman–Crippen LogP) is 3.13. The number of ether oxygens (including phenoxy) is 3. The number of anilines is 1. The molecule has 31 heavy (non-hydrogen) atoms. The van der Waals surface area contributed by atoms with Crippen LogP contribution >= 0.6 is 0 Å². The van der Waals surface area contributed by atoms with E-state index in [0.717, 1.165) is 5.56 Å². The number of esters is 2. The lowest BCUT2D eigenvalue weighted by Crippen LogP contribution is -2.47. The fourth-order valence-electron chi connectivity index (χ4n) is 3.74. The molecule has 0 aromatic heterocycles. The molecule has 2 aliphatic rings. The van der Waals surface area contributed by atoms with Crippen LogP contribution in [0.3, 0.4) is 0 Å². The second kappa shape index (κ2) is 8.04. The van der Waals surface area contributed by atoms with Gasteiger partial charge in [-0.2, -0.15) is 0 Å². The molecule has 2 aromatic carbocycles. The molecule has 0 unspecified atom stereocenters. The Hall–Kier alpha value is -3.98. The van der Waals surface area contributed by atoms with E-state index in [-0.39, 0.29) is 17.0 Å². The molecule has 9 heteroatoms. The maximum atomic E-state index is 12.9. The van der Waals surface area contributed by atoms with E-state index >= 15 is 0 Å². The minimum atomic E-state index is -1.09. The predicted molar refractivity (Wildman–Crippen MR) is 110 cm³/mol. The van der Waals surface area contributed by atoms with Gasteiger partial charge in [0.05, 0.1) is 24.8 Å². The standard InChI is InChI=1S/C22H18N2O7/c1-29-21(25)18-19(22(26)30-2)23-16-9-4-3-6-13(16)10-11-17(23)31-20(18)14-7-5-8-15(12-14)24(27)28/h3-12,17,20H,1-2H3/t17-,20+/m0/s1. The van der Waals surface area contributed by atoms with Crippen LogP contribution in [-0.2, 0) is 23.8 Å². The number of methoxy groups -OCH3 is 2. The van der Waals surface area contributed by atoms with Crippen molar-refractivity contribution in [2.24, 2.45) is 0 Å². The summed E-state index contributed by atoms with van der Waals surface area (Å²) in [4.78, 5) is 38.0. The topological polar surface area (TPSA) is 108 Å². The molecular weight excluding hydrogens is 404 g/mol. The number of hydrogen-bond donors (Lipinski definition) is 0. The third-order valence-electron chi connectivity index (χ3n) is 5.09. The normalized spacial score (nSPS) is 19.4. The molecule has 4 rings (SSSR count). The second-order valence-electron chi connectivity index (χ2n) is 6.79. The quantitative estimate of drug-likeness (QED) is 0.420. The fraction of sp³-hybridized carbons (Fsp3) is 0.182. The number of benzene rings is 2. The van der Waals surface area contributed by atoms with Gasteiger partial charge in [0.1, 0.15) is 17.4 Å². The highest BCUT2D eigenvalue weighted by atomic mass is 16.6. The molecule has 0 fully saturated rings. The van der Waals surface area contributed by atoms with Crippen LogP contribution in [0, 0.1) is 10.1 Å². The van der Waals surface area contributed by atoms with E-state index in [0.29, 0.717) is 11.3 Å². The first-order valence-electron chi connectivity index (χ1n) is 9.33. The Kier molecular flexibility index (Phi) is 5.26. The summed E-state index contributed by atoms with van der Waals surface area (Å²) in [5, 5.41) is 11.3. The zero-order chi connectivity index (χ0) is 22.1. The van der Waals surface area contributed by atoms with Crippen molar-refractivity contribution in [3.63, 3.8) is 0 Å². The lowest BCUT2D eigenvalue weighted by atomic mass is 9.94. The monoisotopic (exact) mass is 422 g/mol. The van der Waals surface area contributed by atoms with Crippen molar-refractivity contribution in [3.8, 4) is 0 Å². The number of nitro benzene ring substituents is 1. The largest absolute Gasteiger partial charge is 0.466 e. The summed E-state index contributed by atoms with van der Waals surface area (Å²) in [6, 6.07) is 13.0. The maximum absolute atomic E-state index is 12.9. The first kappa shape index (κ1) is 20.3. The Bertz CT molecular complexity index is 1140. The summed E-state index contributed by atoms with van der Waals surface area (Å²) in [6.45, 7) is 0. The van der Waals surface area contributed by atoms with E-state index in [4.69, 9.17) is 14.2 Å². The summed E-state index contributed by atoms with van der Waals surface area (Å²) >= 11 is 0. The Morgan fingerprint density at radius 2 is 1.81 bits per heavy atom. The summed E-state index contributed by atoms with van der Waals surface area (Å²) in [5.74, 6) is -1.56. The van der Waals surface area contributed by atoms with Crippen LogP contribution in [0.15, 0.2) is 65.9 Å². The average Bonchev–Trinajstić information content (AvgIpc) is 2.81. The number of nitro groups is 1. The van der Waals surface area contributed by atoms with E-state index in [1.165, 1.54) is 32.4 Å². The van der Waals surface area contributed by atoms with Crippen molar-refractivity contribution in [2.75, 3.05) is 19.1 Å². The van der Waals surface area contributed by atoms with Gasteiger partial charge in [0, 0.05) is 12.1 Å². The summed E-state index contributed by atoms with van der Waals surface area (Å²) in [5.41, 5.74) is 1.49. The molecule has 0 amide bonds. The molecule has 2 aliphatic heterocycles. The summed E-state index contributed by atoms with van der Waals surface area (Å²) in [7, 11) is 2.40. The molecule has 0 saturated carbocycles. The summed E-state index contributed by atoms with van der Waals surface area (Å²) < 4.78 is 16.1. The highest BCUT2D eigenvalue weighted by Crippen LogP contribution is 2.44. The van der Waals surface area contributed by atoms with Gasteiger partial charge in [-0.1, -0.05) is 36.4 Å². The van der Waals surface area contributed by atoms with Crippen LogP contribution in [0.25, 0.3) is 6.08 Å². The van der Waals surface area contributed by atoms with Crippen molar-refractivity contribution < 1.29 is 28.7 Å². The van der Waals surface area contributed by atoms with Crippen LogP contribution in [0.4, 0.5) is 11.4 Å². The molecule has 0 aliphatic carbocycles. The minimum absolute atomic E-state index is 0.0427. The number of fused-ring (bicyclic) bond motifs is 3. The SMILES string of the molecule is COC(=O)C1=C(C(=O)OC)N2c3ccccc3C=C[C@@H]2O[C@@H]1c1cccc([N+](=O)[O-])c1. The molecule has 2 atom stereocenters. The molecule has 0 radical (unpaired) electrons. The molecule has 2 heterocycles. The molecule has 0 N–H and O–H groups in total. The van der Waals surface area contributed by atoms with Gasteiger partial charge < -0.3 is 19.1 Å². The second-order valence-corrected chi connectivity index (χ2v) is 6.79. The van der Waals surface area contributed by atoms with Crippen molar-refractivity contribution in [3.05, 3.63) is 87.1 Å². The lowest BCUT2D eigenvalue weighted by Gasteiger charge is -2.42. The molecule has 0 spiro atoms. The van der Waals surface area contributed by atoms with Gasteiger partial charge >= 0.3 is 11.9 Å². The van der Waals surface area contributed by atoms with Crippen LogP contribution < -0.4 is 4.90 Å². The number of rotatable bonds is 4. The number of carbonyl (C=O) groups is 2. The van der Waals surface area contributed by atoms with Gasteiger partial charge in [0.25, 0.3) is 5.69 Å². The smallest absolute Gasteiger partial charge is 0.355 e. The number of nitrogens with zero attached hydrogens (tertiary/aromatic N) is 2. The number of carbonyl (C=O) groups excluding carboxylic acids is 2. The average molecular weight is 422 g/mol. The minimum Gasteiger partial charge on any atom is -0.466 e. The van der Waals surface area contributed by atoms with E-state index in [2.05, 4.69) is 0 Å². The van der Waals surface area contributed by atoms with Crippen LogP contribution in [-0.4, -0.2) is 37.3 Å². The highest BCUT2D eigenvalue weighted by molar-refractivity contribution is 6.05. The summed E-state index contributed by atoms with van der Waals surface area (Å²) in [6.07, 6.45) is 1.75. The van der Waals surface area contributed by atoms with Gasteiger partial charge in [-0.3, -0.25) is 10.1 Å². The zero-order valence-corrected chi connectivity index (χ0v) is 16.7. The highest BCUT2D eigenvalue weighted by Gasteiger charge is 2.44. The molecule has 9 nitrogen and oxygen atoms in total. The van der Waals surface area contributed by atoms with Gasteiger partial charge in [-0.05, 0) is 23.3 Å². The Morgan fingerprint density at radius 3 is 2.52 bits per heavy atom. The fourth-order valence-corrected chi connectivity index (χ4v) is 3.74.